The Morgan fingerprint density at radius 2 is 2.16 bits per heavy atom. The molecule has 0 bridgehead atoms. The van der Waals surface area contributed by atoms with Gasteiger partial charge in [0.15, 0.2) is 0 Å². The summed E-state index contributed by atoms with van der Waals surface area (Å²) in [6.45, 7) is 3.74. The van der Waals surface area contributed by atoms with E-state index in [1.165, 1.54) is 11.1 Å². The minimum Gasteiger partial charge on any atom is -0.488 e. The van der Waals surface area contributed by atoms with Crippen molar-refractivity contribution in [3.05, 3.63) is 59.4 Å². The molecule has 1 N–H and O–H groups in total. The molecule has 1 atom stereocenters. The van der Waals surface area contributed by atoms with Crippen LogP contribution < -0.4 is 10.1 Å². The van der Waals surface area contributed by atoms with Crippen molar-refractivity contribution in [3.63, 3.8) is 0 Å². The number of aryl methyl sites for hydroxylation is 1. The van der Waals surface area contributed by atoms with Crippen molar-refractivity contribution in [1.29, 1.82) is 0 Å². The molecule has 3 heteroatoms. The maximum atomic E-state index is 5.89. The van der Waals surface area contributed by atoms with Crippen LogP contribution in [0.25, 0.3) is 0 Å². The van der Waals surface area contributed by atoms with E-state index in [2.05, 4.69) is 35.4 Å². The van der Waals surface area contributed by atoms with Crippen molar-refractivity contribution in [2.75, 3.05) is 6.54 Å². The quantitative estimate of drug-likeness (QED) is 0.910. The van der Waals surface area contributed by atoms with Crippen molar-refractivity contribution in [3.8, 4) is 5.75 Å². The first kappa shape index (κ1) is 12.2. The Kier molecular flexibility index (Phi) is 3.47. The second kappa shape index (κ2) is 5.41. The number of nitrogens with one attached hydrogen (secondary N) is 1. The zero-order valence-electron chi connectivity index (χ0n) is 11.1. The highest BCUT2D eigenvalue weighted by atomic mass is 16.5. The Hall–Kier alpha value is -1.87. The lowest BCUT2D eigenvalue weighted by atomic mass is 10.1. The van der Waals surface area contributed by atoms with Crippen molar-refractivity contribution < 1.29 is 4.74 Å². The summed E-state index contributed by atoms with van der Waals surface area (Å²) >= 11 is 0. The van der Waals surface area contributed by atoms with Gasteiger partial charge in [-0.2, -0.15) is 0 Å². The van der Waals surface area contributed by atoms with Crippen LogP contribution in [0.1, 0.15) is 16.8 Å². The Morgan fingerprint density at radius 3 is 3.00 bits per heavy atom. The van der Waals surface area contributed by atoms with Crippen molar-refractivity contribution in [2.24, 2.45) is 0 Å². The minimum absolute atomic E-state index is 0.237. The number of ether oxygens (including phenoxy) is 1. The predicted molar refractivity (Wildman–Crippen MR) is 75.2 cm³/mol. The van der Waals surface area contributed by atoms with E-state index < -0.39 is 0 Å². The molecule has 0 saturated carbocycles. The highest BCUT2D eigenvalue weighted by Crippen LogP contribution is 2.27. The highest BCUT2D eigenvalue weighted by Gasteiger charge is 2.21. The topological polar surface area (TPSA) is 34.2 Å². The molecule has 19 heavy (non-hydrogen) atoms. The number of nitrogens with zero attached hydrogens (tertiary/aromatic N) is 1. The normalized spacial score (nSPS) is 17.0. The summed E-state index contributed by atoms with van der Waals surface area (Å²) in [5, 5.41) is 3.43. The molecular formula is C16H18N2O. The first-order valence-corrected chi connectivity index (χ1v) is 6.69. The molecule has 1 unspecified atom stereocenters. The van der Waals surface area contributed by atoms with Gasteiger partial charge in [-0.1, -0.05) is 24.3 Å². The van der Waals surface area contributed by atoms with Gasteiger partial charge in [-0.3, -0.25) is 4.98 Å². The molecule has 0 amide bonds. The number of para-hydroxylation sites is 1. The zero-order chi connectivity index (χ0) is 13.1. The standard InChI is InChI=1S/C16H18N2O/c1-12-5-4-8-18-15(12)11-17-10-14-9-13-6-2-3-7-16(13)19-14/h2-8,14,17H,9-11H2,1H3. The average Bonchev–Trinajstić information content (AvgIpc) is 2.83. The van der Waals surface area contributed by atoms with E-state index in [1.54, 1.807) is 0 Å². The molecular weight excluding hydrogens is 236 g/mol. The molecule has 2 heterocycles. The van der Waals surface area contributed by atoms with Gasteiger partial charge < -0.3 is 10.1 Å². The SMILES string of the molecule is Cc1cccnc1CNCC1Cc2ccccc2O1. The summed E-state index contributed by atoms with van der Waals surface area (Å²) in [4.78, 5) is 4.38. The van der Waals surface area contributed by atoms with E-state index in [0.717, 1.165) is 31.0 Å². The Bertz CT molecular complexity index is 543. The van der Waals surface area contributed by atoms with Crippen LogP contribution in [0.2, 0.25) is 0 Å². The van der Waals surface area contributed by atoms with Gasteiger partial charge in [-0.15, -0.1) is 0 Å². The van der Waals surface area contributed by atoms with Gasteiger partial charge in [0.2, 0.25) is 0 Å². The Labute approximate surface area is 113 Å². The van der Waals surface area contributed by atoms with Crippen LogP contribution in [0.15, 0.2) is 42.6 Å². The monoisotopic (exact) mass is 254 g/mol. The molecule has 3 nitrogen and oxygen atoms in total. The van der Waals surface area contributed by atoms with E-state index in [4.69, 9.17) is 4.74 Å². The lowest BCUT2D eigenvalue weighted by Gasteiger charge is -2.12. The zero-order valence-corrected chi connectivity index (χ0v) is 11.1. The van der Waals surface area contributed by atoms with Gasteiger partial charge in [0.1, 0.15) is 11.9 Å². The molecule has 3 rings (SSSR count). The molecule has 0 spiro atoms. The lowest BCUT2D eigenvalue weighted by Crippen LogP contribution is -2.30. The molecule has 0 fully saturated rings. The van der Waals surface area contributed by atoms with E-state index in [1.807, 2.05) is 24.4 Å². The maximum absolute atomic E-state index is 5.89. The summed E-state index contributed by atoms with van der Waals surface area (Å²) in [6, 6.07) is 12.3. The fourth-order valence-electron chi connectivity index (χ4n) is 2.42. The fourth-order valence-corrected chi connectivity index (χ4v) is 2.42. The number of aromatic nitrogens is 1. The number of benzene rings is 1. The summed E-state index contributed by atoms with van der Waals surface area (Å²) in [5.41, 5.74) is 3.65. The van der Waals surface area contributed by atoms with Crippen LogP contribution >= 0.6 is 0 Å². The second-order valence-electron chi connectivity index (χ2n) is 4.95. The number of rotatable bonds is 4. The summed E-state index contributed by atoms with van der Waals surface area (Å²) in [6.07, 6.45) is 3.07. The smallest absolute Gasteiger partial charge is 0.123 e. The average molecular weight is 254 g/mol. The van der Waals surface area contributed by atoms with Crippen LogP contribution in [-0.4, -0.2) is 17.6 Å². The van der Waals surface area contributed by atoms with E-state index in [9.17, 15) is 0 Å². The van der Waals surface area contributed by atoms with Gasteiger partial charge in [-0.25, -0.2) is 0 Å². The van der Waals surface area contributed by atoms with Gasteiger partial charge in [0, 0.05) is 25.7 Å². The van der Waals surface area contributed by atoms with Crippen molar-refractivity contribution >= 4 is 0 Å². The van der Waals surface area contributed by atoms with Gasteiger partial charge in [0.05, 0.1) is 5.69 Å². The predicted octanol–water partition coefficient (Wildman–Crippen LogP) is 2.48. The molecule has 0 radical (unpaired) electrons. The van der Waals surface area contributed by atoms with Crippen LogP contribution in [0, 0.1) is 6.92 Å². The van der Waals surface area contributed by atoms with E-state index in [-0.39, 0.29) is 6.10 Å². The molecule has 1 aromatic heterocycles. The van der Waals surface area contributed by atoms with Crippen LogP contribution in [0.3, 0.4) is 0 Å². The van der Waals surface area contributed by atoms with Crippen molar-refractivity contribution in [2.45, 2.75) is 26.0 Å². The fraction of sp³-hybridized carbons (Fsp3) is 0.312. The largest absolute Gasteiger partial charge is 0.488 e. The molecule has 1 aliphatic heterocycles. The third-order valence-corrected chi connectivity index (χ3v) is 3.50. The first-order valence-electron chi connectivity index (χ1n) is 6.69. The maximum Gasteiger partial charge on any atom is 0.123 e. The van der Waals surface area contributed by atoms with Crippen LogP contribution in [0.4, 0.5) is 0 Å². The van der Waals surface area contributed by atoms with Gasteiger partial charge >= 0.3 is 0 Å². The van der Waals surface area contributed by atoms with Gasteiger partial charge in [-0.05, 0) is 30.2 Å². The number of hydrogen-bond donors (Lipinski definition) is 1. The molecule has 0 aliphatic carbocycles. The molecule has 1 aliphatic rings. The molecule has 98 valence electrons. The summed E-state index contributed by atoms with van der Waals surface area (Å²) < 4.78 is 5.89. The van der Waals surface area contributed by atoms with Crippen LogP contribution in [-0.2, 0) is 13.0 Å². The third-order valence-electron chi connectivity index (χ3n) is 3.50. The number of fused-ring (bicyclic) bond motifs is 1. The molecule has 0 saturated heterocycles. The Morgan fingerprint density at radius 1 is 1.26 bits per heavy atom. The highest BCUT2D eigenvalue weighted by molar-refractivity contribution is 5.37. The number of pyridine rings is 1. The summed E-state index contributed by atoms with van der Waals surface area (Å²) in [5.74, 6) is 1.03. The first-order chi connectivity index (χ1) is 9.33. The number of hydrogen-bond acceptors (Lipinski definition) is 3. The third kappa shape index (κ3) is 2.76. The van der Waals surface area contributed by atoms with Crippen LogP contribution in [0.5, 0.6) is 5.75 Å². The van der Waals surface area contributed by atoms with E-state index >= 15 is 0 Å². The van der Waals surface area contributed by atoms with E-state index in [0.29, 0.717) is 0 Å². The van der Waals surface area contributed by atoms with Gasteiger partial charge in [0.25, 0.3) is 0 Å². The lowest BCUT2D eigenvalue weighted by molar-refractivity contribution is 0.227. The molecule has 1 aromatic carbocycles. The summed E-state index contributed by atoms with van der Waals surface area (Å²) in [7, 11) is 0. The second-order valence-corrected chi connectivity index (χ2v) is 4.95. The Balaban J connectivity index is 1.51. The van der Waals surface area contributed by atoms with Crippen molar-refractivity contribution in [1.82, 2.24) is 10.3 Å². The minimum atomic E-state index is 0.237. The molecule has 2 aromatic rings.